The van der Waals surface area contributed by atoms with Gasteiger partial charge in [-0.15, -0.1) is 12.4 Å². The van der Waals surface area contributed by atoms with E-state index < -0.39 is 0 Å². The van der Waals surface area contributed by atoms with E-state index in [9.17, 15) is 4.79 Å². The molecule has 0 radical (unpaired) electrons. The van der Waals surface area contributed by atoms with Crippen molar-refractivity contribution >= 4 is 18.3 Å². The Morgan fingerprint density at radius 3 is 3.00 bits per heavy atom. The highest BCUT2D eigenvalue weighted by Crippen LogP contribution is 1.96. The second-order valence-corrected chi connectivity index (χ2v) is 3.76. The van der Waals surface area contributed by atoms with Gasteiger partial charge in [-0.2, -0.15) is 0 Å². The molecule has 1 fully saturated rings. The Balaban J connectivity index is 0.00000256. The van der Waals surface area contributed by atoms with Crippen LogP contribution in [0, 0.1) is 0 Å². The Labute approximate surface area is 109 Å². The summed E-state index contributed by atoms with van der Waals surface area (Å²) in [5, 5.41) is 6.00. The van der Waals surface area contributed by atoms with Gasteiger partial charge >= 0.3 is 0 Å². The number of unbranched alkanes of at least 4 members (excludes halogenated alkanes) is 1. The molecule has 1 aliphatic heterocycles. The summed E-state index contributed by atoms with van der Waals surface area (Å²) in [5.74, 6) is -0.0105. The summed E-state index contributed by atoms with van der Waals surface area (Å²) in [6.45, 7) is 6.27. The molecule has 1 saturated heterocycles. The molecule has 0 bridgehead atoms. The van der Waals surface area contributed by atoms with Gasteiger partial charge in [-0.3, -0.25) is 4.79 Å². The molecular weight excluding hydrogens is 244 g/mol. The molecule has 1 heterocycles. The topological polar surface area (TPSA) is 59.6 Å². The van der Waals surface area contributed by atoms with Gasteiger partial charge in [0.1, 0.15) is 6.10 Å². The number of rotatable bonds is 7. The predicted octanol–water partition coefficient (Wildman–Crippen LogP) is 0.330. The number of morpholine rings is 1. The van der Waals surface area contributed by atoms with Gasteiger partial charge < -0.3 is 20.1 Å². The van der Waals surface area contributed by atoms with Gasteiger partial charge in [0.2, 0.25) is 5.91 Å². The standard InChI is InChI=1S/C11H22N2O3.ClH/c1-2-15-7-4-3-5-13-11(14)10-9-12-6-8-16-10;/h10,12H,2-9H2,1H3,(H,13,14);1H. The van der Waals surface area contributed by atoms with Crippen LogP contribution in [0.15, 0.2) is 0 Å². The summed E-state index contributed by atoms with van der Waals surface area (Å²) < 4.78 is 10.5. The molecule has 0 aromatic rings. The van der Waals surface area contributed by atoms with E-state index in [1.807, 2.05) is 6.92 Å². The molecule has 2 N–H and O–H groups in total. The van der Waals surface area contributed by atoms with Crippen molar-refractivity contribution in [3.05, 3.63) is 0 Å². The number of carbonyl (C=O) groups excluding carboxylic acids is 1. The lowest BCUT2D eigenvalue weighted by molar-refractivity contribution is -0.134. The lowest BCUT2D eigenvalue weighted by Crippen LogP contribution is -2.48. The Hall–Kier alpha value is -0.360. The van der Waals surface area contributed by atoms with Crippen LogP contribution in [0.3, 0.4) is 0 Å². The number of halogens is 1. The molecule has 0 aromatic carbocycles. The quantitative estimate of drug-likeness (QED) is 0.652. The molecule has 0 spiro atoms. The lowest BCUT2D eigenvalue weighted by atomic mass is 10.2. The first-order valence-electron chi connectivity index (χ1n) is 6.02. The fourth-order valence-corrected chi connectivity index (χ4v) is 1.53. The first-order valence-corrected chi connectivity index (χ1v) is 6.02. The minimum absolute atomic E-state index is 0. The van der Waals surface area contributed by atoms with E-state index >= 15 is 0 Å². The zero-order valence-electron chi connectivity index (χ0n) is 10.4. The van der Waals surface area contributed by atoms with Crippen LogP contribution in [-0.2, 0) is 14.3 Å². The van der Waals surface area contributed by atoms with Crippen molar-refractivity contribution in [2.75, 3.05) is 39.5 Å². The third-order valence-corrected chi connectivity index (χ3v) is 2.44. The van der Waals surface area contributed by atoms with Crippen LogP contribution in [0.4, 0.5) is 0 Å². The molecule has 17 heavy (non-hydrogen) atoms. The number of hydrogen-bond donors (Lipinski definition) is 2. The number of carbonyl (C=O) groups is 1. The maximum atomic E-state index is 11.6. The van der Waals surface area contributed by atoms with E-state index in [1.165, 1.54) is 0 Å². The Bertz CT molecular complexity index is 199. The van der Waals surface area contributed by atoms with Gasteiger partial charge in [0, 0.05) is 32.8 Å². The zero-order valence-corrected chi connectivity index (χ0v) is 11.2. The second kappa shape index (κ2) is 10.8. The first-order chi connectivity index (χ1) is 7.84. The van der Waals surface area contributed by atoms with Crippen molar-refractivity contribution in [3.63, 3.8) is 0 Å². The second-order valence-electron chi connectivity index (χ2n) is 3.76. The van der Waals surface area contributed by atoms with Crippen molar-refractivity contribution in [3.8, 4) is 0 Å². The molecule has 102 valence electrons. The zero-order chi connectivity index (χ0) is 11.6. The van der Waals surface area contributed by atoms with Crippen molar-refractivity contribution in [1.82, 2.24) is 10.6 Å². The van der Waals surface area contributed by atoms with Crippen molar-refractivity contribution in [2.45, 2.75) is 25.9 Å². The average molecular weight is 267 g/mol. The summed E-state index contributed by atoms with van der Waals surface area (Å²) >= 11 is 0. The molecular formula is C11H23ClN2O3. The molecule has 1 atom stereocenters. The van der Waals surface area contributed by atoms with E-state index in [0.717, 1.165) is 32.6 Å². The minimum Gasteiger partial charge on any atom is -0.382 e. The monoisotopic (exact) mass is 266 g/mol. The fraction of sp³-hybridized carbons (Fsp3) is 0.909. The minimum atomic E-state index is -0.319. The Kier molecular flexibility index (Phi) is 10.5. The van der Waals surface area contributed by atoms with Gasteiger partial charge in [-0.25, -0.2) is 0 Å². The summed E-state index contributed by atoms with van der Waals surface area (Å²) in [4.78, 5) is 11.6. The van der Waals surface area contributed by atoms with Crippen LogP contribution >= 0.6 is 12.4 Å². The Morgan fingerprint density at radius 1 is 1.53 bits per heavy atom. The highest BCUT2D eigenvalue weighted by atomic mass is 35.5. The van der Waals surface area contributed by atoms with Crippen LogP contribution in [0.2, 0.25) is 0 Å². The van der Waals surface area contributed by atoms with Gasteiger partial charge in [-0.1, -0.05) is 0 Å². The molecule has 1 rings (SSSR count). The van der Waals surface area contributed by atoms with E-state index in [2.05, 4.69) is 10.6 Å². The van der Waals surface area contributed by atoms with E-state index in [1.54, 1.807) is 0 Å². The lowest BCUT2D eigenvalue weighted by Gasteiger charge is -2.22. The number of amides is 1. The van der Waals surface area contributed by atoms with Crippen molar-refractivity contribution in [1.29, 1.82) is 0 Å². The van der Waals surface area contributed by atoms with E-state index in [-0.39, 0.29) is 24.4 Å². The highest BCUT2D eigenvalue weighted by Gasteiger charge is 2.20. The highest BCUT2D eigenvalue weighted by molar-refractivity contribution is 5.85. The molecule has 0 saturated carbocycles. The van der Waals surface area contributed by atoms with Crippen LogP contribution in [0.5, 0.6) is 0 Å². The summed E-state index contributed by atoms with van der Waals surface area (Å²) in [6.07, 6.45) is 1.62. The van der Waals surface area contributed by atoms with Crippen molar-refractivity contribution < 1.29 is 14.3 Å². The number of nitrogens with one attached hydrogen (secondary N) is 2. The maximum Gasteiger partial charge on any atom is 0.250 e. The average Bonchev–Trinajstić information content (AvgIpc) is 2.34. The van der Waals surface area contributed by atoms with Crippen LogP contribution in [0.25, 0.3) is 0 Å². The molecule has 1 unspecified atom stereocenters. The SMILES string of the molecule is CCOCCCCNC(=O)C1CNCCO1.Cl. The largest absolute Gasteiger partial charge is 0.382 e. The van der Waals surface area contributed by atoms with Crippen molar-refractivity contribution in [2.24, 2.45) is 0 Å². The number of hydrogen-bond acceptors (Lipinski definition) is 4. The van der Waals surface area contributed by atoms with Gasteiger partial charge in [0.15, 0.2) is 0 Å². The smallest absolute Gasteiger partial charge is 0.250 e. The molecule has 0 aromatic heterocycles. The molecule has 1 aliphatic rings. The summed E-state index contributed by atoms with van der Waals surface area (Å²) in [7, 11) is 0. The van der Waals surface area contributed by atoms with Gasteiger partial charge in [-0.05, 0) is 19.8 Å². The maximum absolute atomic E-state index is 11.6. The molecule has 0 aliphatic carbocycles. The third kappa shape index (κ3) is 7.54. The Morgan fingerprint density at radius 2 is 2.35 bits per heavy atom. The fourth-order valence-electron chi connectivity index (χ4n) is 1.53. The molecule has 6 heteroatoms. The number of ether oxygens (including phenoxy) is 2. The van der Waals surface area contributed by atoms with Gasteiger partial charge in [0.25, 0.3) is 0 Å². The third-order valence-electron chi connectivity index (χ3n) is 2.44. The van der Waals surface area contributed by atoms with E-state index in [4.69, 9.17) is 9.47 Å². The van der Waals surface area contributed by atoms with E-state index in [0.29, 0.717) is 19.7 Å². The van der Waals surface area contributed by atoms with Crippen LogP contribution < -0.4 is 10.6 Å². The molecule has 1 amide bonds. The molecule has 5 nitrogen and oxygen atoms in total. The van der Waals surface area contributed by atoms with Gasteiger partial charge in [0.05, 0.1) is 6.61 Å². The summed E-state index contributed by atoms with van der Waals surface area (Å²) in [5.41, 5.74) is 0. The first kappa shape index (κ1) is 16.6. The summed E-state index contributed by atoms with van der Waals surface area (Å²) in [6, 6.07) is 0. The van der Waals surface area contributed by atoms with Crippen LogP contribution in [-0.4, -0.2) is 51.5 Å². The predicted molar refractivity (Wildman–Crippen MR) is 68.6 cm³/mol. The van der Waals surface area contributed by atoms with Crippen LogP contribution in [0.1, 0.15) is 19.8 Å². The normalized spacial score (nSPS) is 19.5.